The zero-order valence-electron chi connectivity index (χ0n) is 13.7. The molecule has 0 bridgehead atoms. The summed E-state index contributed by atoms with van der Waals surface area (Å²) in [5.41, 5.74) is 0.757. The number of carbonyl (C=O) groups excluding carboxylic acids is 1. The van der Waals surface area contributed by atoms with Crippen LogP contribution in [0.1, 0.15) is 5.56 Å². The number of nitrogens with one attached hydrogen (secondary N) is 1. The van der Waals surface area contributed by atoms with E-state index in [1.54, 1.807) is 44.6 Å². The van der Waals surface area contributed by atoms with Crippen LogP contribution in [0.2, 0.25) is 0 Å². The largest absolute Gasteiger partial charge is 0.496 e. The van der Waals surface area contributed by atoms with Crippen LogP contribution in [0.25, 0.3) is 0 Å². The molecule has 1 amide bonds. The van der Waals surface area contributed by atoms with E-state index in [1.807, 2.05) is 0 Å². The molecule has 2 aromatic carbocycles. The predicted molar refractivity (Wildman–Crippen MR) is 88.2 cm³/mol. The van der Waals surface area contributed by atoms with Crippen molar-refractivity contribution >= 4 is 5.91 Å². The lowest BCUT2D eigenvalue weighted by Crippen LogP contribution is -2.29. The van der Waals surface area contributed by atoms with Gasteiger partial charge in [0.1, 0.15) is 29.7 Å². The second kappa shape index (κ2) is 8.76. The van der Waals surface area contributed by atoms with Crippen LogP contribution in [-0.2, 0) is 11.2 Å². The second-order valence-electron chi connectivity index (χ2n) is 5.05. The van der Waals surface area contributed by atoms with Crippen LogP contribution < -0.4 is 19.5 Å². The summed E-state index contributed by atoms with van der Waals surface area (Å²) in [5, 5.41) is 2.75. The molecule has 0 heterocycles. The molecule has 1 N–H and O–H groups in total. The van der Waals surface area contributed by atoms with Crippen LogP contribution >= 0.6 is 0 Å². The van der Waals surface area contributed by atoms with Crippen LogP contribution in [-0.4, -0.2) is 33.3 Å². The Labute approximate surface area is 140 Å². The molecule has 0 saturated heterocycles. The van der Waals surface area contributed by atoms with Crippen molar-refractivity contribution in [3.63, 3.8) is 0 Å². The molecule has 0 aliphatic rings. The Hall–Kier alpha value is -2.76. The summed E-state index contributed by atoms with van der Waals surface area (Å²) in [6.45, 7) is 0.672. The SMILES string of the molecule is COc1cc(OC)cc(OCCNC(=O)Cc2ccc(F)cc2)c1. The predicted octanol–water partition coefficient (Wildman–Crippen LogP) is 2.58. The van der Waals surface area contributed by atoms with Gasteiger partial charge in [-0.05, 0) is 17.7 Å². The molecule has 0 aliphatic heterocycles. The Morgan fingerprint density at radius 2 is 1.58 bits per heavy atom. The highest BCUT2D eigenvalue weighted by Gasteiger charge is 2.05. The van der Waals surface area contributed by atoms with Gasteiger partial charge in [-0.1, -0.05) is 12.1 Å². The van der Waals surface area contributed by atoms with Crippen molar-refractivity contribution < 1.29 is 23.4 Å². The molecule has 0 aliphatic carbocycles. The smallest absolute Gasteiger partial charge is 0.224 e. The molecule has 5 nitrogen and oxygen atoms in total. The van der Waals surface area contributed by atoms with Gasteiger partial charge in [0, 0.05) is 18.2 Å². The molecular weight excluding hydrogens is 313 g/mol. The number of amides is 1. The summed E-state index contributed by atoms with van der Waals surface area (Å²) in [6, 6.07) is 11.1. The molecule has 0 aromatic heterocycles. The first-order valence-corrected chi connectivity index (χ1v) is 7.47. The number of hydrogen-bond donors (Lipinski definition) is 1. The molecule has 2 rings (SSSR count). The minimum absolute atomic E-state index is 0.145. The van der Waals surface area contributed by atoms with Gasteiger partial charge in [-0.2, -0.15) is 0 Å². The van der Waals surface area contributed by atoms with E-state index in [-0.39, 0.29) is 18.1 Å². The van der Waals surface area contributed by atoms with E-state index in [0.717, 1.165) is 5.56 Å². The lowest BCUT2D eigenvalue weighted by atomic mass is 10.1. The maximum Gasteiger partial charge on any atom is 0.224 e. The van der Waals surface area contributed by atoms with Crippen molar-refractivity contribution in [2.75, 3.05) is 27.4 Å². The number of hydrogen-bond acceptors (Lipinski definition) is 4. The van der Waals surface area contributed by atoms with Crippen molar-refractivity contribution in [1.82, 2.24) is 5.32 Å². The second-order valence-corrected chi connectivity index (χ2v) is 5.05. The van der Waals surface area contributed by atoms with Gasteiger partial charge >= 0.3 is 0 Å². The fourth-order valence-electron chi connectivity index (χ4n) is 2.07. The summed E-state index contributed by atoms with van der Waals surface area (Å²) in [4.78, 5) is 11.8. The zero-order valence-corrected chi connectivity index (χ0v) is 13.7. The Kier molecular flexibility index (Phi) is 6.42. The third-order valence-electron chi connectivity index (χ3n) is 3.30. The summed E-state index contributed by atoms with van der Waals surface area (Å²) >= 11 is 0. The minimum atomic E-state index is -0.318. The summed E-state index contributed by atoms with van der Waals surface area (Å²) < 4.78 is 28.7. The van der Waals surface area contributed by atoms with E-state index in [9.17, 15) is 9.18 Å². The third kappa shape index (κ3) is 5.46. The van der Waals surface area contributed by atoms with Gasteiger partial charge in [0.05, 0.1) is 27.2 Å². The van der Waals surface area contributed by atoms with E-state index in [1.165, 1.54) is 12.1 Å². The molecule has 0 radical (unpaired) electrons. The van der Waals surface area contributed by atoms with Crippen LogP contribution in [0.3, 0.4) is 0 Å². The molecule has 0 atom stereocenters. The van der Waals surface area contributed by atoms with Gasteiger partial charge in [0.2, 0.25) is 5.91 Å². The minimum Gasteiger partial charge on any atom is -0.496 e. The lowest BCUT2D eigenvalue weighted by molar-refractivity contribution is -0.120. The van der Waals surface area contributed by atoms with Gasteiger partial charge in [-0.25, -0.2) is 4.39 Å². The molecule has 128 valence electrons. The molecular formula is C18H20FNO4. The average Bonchev–Trinajstić information content (AvgIpc) is 2.60. The van der Waals surface area contributed by atoms with Crippen molar-refractivity contribution in [2.45, 2.75) is 6.42 Å². The maximum atomic E-state index is 12.8. The Morgan fingerprint density at radius 1 is 1.00 bits per heavy atom. The Morgan fingerprint density at radius 3 is 2.17 bits per heavy atom. The topological polar surface area (TPSA) is 56.8 Å². The first-order chi connectivity index (χ1) is 11.6. The van der Waals surface area contributed by atoms with Crippen LogP contribution in [0.4, 0.5) is 4.39 Å². The molecule has 0 spiro atoms. The summed E-state index contributed by atoms with van der Waals surface area (Å²) in [5.74, 6) is 1.39. The van der Waals surface area contributed by atoms with Gasteiger partial charge in [0.25, 0.3) is 0 Å². The van der Waals surface area contributed by atoms with Crippen LogP contribution in [0.5, 0.6) is 17.2 Å². The van der Waals surface area contributed by atoms with Gasteiger partial charge in [0.15, 0.2) is 0 Å². The van der Waals surface area contributed by atoms with Gasteiger partial charge in [-0.15, -0.1) is 0 Å². The highest BCUT2D eigenvalue weighted by molar-refractivity contribution is 5.78. The van der Waals surface area contributed by atoms with Crippen LogP contribution in [0, 0.1) is 5.82 Å². The van der Waals surface area contributed by atoms with Gasteiger partial charge in [-0.3, -0.25) is 4.79 Å². The number of ether oxygens (including phenoxy) is 3. The highest BCUT2D eigenvalue weighted by Crippen LogP contribution is 2.27. The van der Waals surface area contributed by atoms with Gasteiger partial charge < -0.3 is 19.5 Å². The monoisotopic (exact) mass is 333 g/mol. The number of carbonyl (C=O) groups is 1. The normalized spacial score (nSPS) is 10.1. The van der Waals surface area contributed by atoms with Crippen molar-refractivity contribution in [3.8, 4) is 17.2 Å². The van der Waals surface area contributed by atoms with E-state index < -0.39 is 0 Å². The fourth-order valence-corrected chi connectivity index (χ4v) is 2.07. The number of benzene rings is 2. The third-order valence-corrected chi connectivity index (χ3v) is 3.30. The van der Waals surface area contributed by atoms with E-state index in [0.29, 0.717) is 30.4 Å². The maximum absolute atomic E-state index is 12.8. The lowest BCUT2D eigenvalue weighted by Gasteiger charge is -2.11. The summed E-state index contributed by atoms with van der Waals surface area (Å²) in [6.07, 6.45) is 0.202. The molecule has 0 fully saturated rings. The van der Waals surface area contributed by atoms with Crippen LogP contribution in [0.15, 0.2) is 42.5 Å². The van der Waals surface area contributed by atoms with E-state index >= 15 is 0 Å². The van der Waals surface area contributed by atoms with Crippen molar-refractivity contribution in [2.24, 2.45) is 0 Å². The zero-order chi connectivity index (χ0) is 17.4. The van der Waals surface area contributed by atoms with E-state index in [2.05, 4.69) is 5.32 Å². The number of methoxy groups -OCH3 is 2. The molecule has 6 heteroatoms. The quantitative estimate of drug-likeness (QED) is 0.755. The molecule has 24 heavy (non-hydrogen) atoms. The number of rotatable bonds is 8. The highest BCUT2D eigenvalue weighted by atomic mass is 19.1. The summed E-state index contributed by atoms with van der Waals surface area (Å²) in [7, 11) is 3.13. The van der Waals surface area contributed by atoms with Crippen molar-refractivity contribution in [1.29, 1.82) is 0 Å². The Balaban J connectivity index is 1.76. The average molecular weight is 333 g/mol. The molecule has 2 aromatic rings. The Bertz CT molecular complexity index is 651. The van der Waals surface area contributed by atoms with E-state index in [4.69, 9.17) is 14.2 Å². The first kappa shape index (κ1) is 17.6. The number of halogens is 1. The molecule has 0 saturated carbocycles. The standard InChI is InChI=1S/C18H20FNO4/c1-22-15-10-16(23-2)12-17(11-15)24-8-7-20-18(21)9-13-3-5-14(19)6-4-13/h3-6,10-12H,7-9H2,1-2H3,(H,20,21). The van der Waals surface area contributed by atoms with Crippen molar-refractivity contribution in [3.05, 3.63) is 53.8 Å². The molecule has 0 unspecified atom stereocenters. The fraction of sp³-hybridized carbons (Fsp3) is 0.278. The first-order valence-electron chi connectivity index (χ1n) is 7.47.